The van der Waals surface area contributed by atoms with Crippen LogP contribution in [-0.4, -0.2) is 41.1 Å². The maximum absolute atomic E-state index is 12.2. The normalized spacial score (nSPS) is 18.1. The Morgan fingerprint density at radius 1 is 1.58 bits per heavy atom. The van der Waals surface area contributed by atoms with Crippen LogP contribution in [-0.2, 0) is 9.53 Å². The fraction of sp³-hybridized carbons (Fsp3) is 0.750. The lowest BCUT2D eigenvalue weighted by Gasteiger charge is -2.31. The number of hydrogen-bond acceptors (Lipinski definition) is 7. The highest BCUT2D eigenvalue weighted by molar-refractivity contribution is 7.99. The molecular formula is C12H19N3O3S. The van der Waals surface area contributed by atoms with E-state index in [0.29, 0.717) is 22.8 Å². The van der Waals surface area contributed by atoms with E-state index in [1.807, 2.05) is 6.92 Å². The zero-order valence-electron chi connectivity index (χ0n) is 11.4. The first-order valence-electron chi connectivity index (χ1n) is 6.38. The molecule has 6 nitrogen and oxygen atoms in total. The summed E-state index contributed by atoms with van der Waals surface area (Å²) in [6.45, 7) is 4.45. The molecule has 0 saturated heterocycles. The molecule has 1 fully saturated rings. The van der Waals surface area contributed by atoms with E-state index in [0.717, 1.165) is 19.4 Å². The number of aromatic nitrogens is 2. The van der Waals surface area contributed by atoms with Gasteiger partial charge in [0, 0.05) is 12.7 Å². The van der Waals surface area contributed by atoms with Crippen LogP contribution in [0.3, 0.4) is 0 Å². The first kappa shape index (κ1) is 14.3. The third-order valence-electron chi connectivity index (χ3n) is 3.25. The quantitative estimate of drug-likeness (QED) is 0.599. The lowest BCUT2D eigenvalue weighted by atomic mass is 9.95. The molecule has 1 heterocycles. The van der Waals surface area contributed by atoms with Crippen molar-refractivity contribution in [2.45, 2.75) is 37.5 Å². The van der Waals surface area contributed by atoms with E-state index in [2.05, 4.69) is 15.5 Å². The van der Waals surface area contributed by atoms with Crippen molar-refractivity contribution in [3.05, 3.63) is 5.89 Å². The summed E-state index contributed by atoms with van der Waals surface area (Å²) in [7, 11) is 1.43. The summed E-state index contributed by atoms with van der Waals surface area (Å²) in [6, 6.07) is 0. The molecule has 2 rings (SSSR count). The fourth-order valence-electron chi connectivity index (χ4n) is 2.20. The summed E-state index contributed by atoms with van der Waals surface area (Å²) in [5, 5.41) is 11.5. The number of rotatable bonds is 7. The molecule has 1 N–H and O–H groups in total. The van der Waals surface area contributed by atoms with Gasteiger partial charge in [-0.1, -0.05) is 18.7 Å². The summed E-state index contributed by atoms with van der Waals surface area (Å²) in [5.74, 6) is 1.19. The molecule has 1 aliphatic rings. The third-order valence-corrected chi connectivity index (χ3v) is 4.26. The van der Waals surface area contributed by atoms with E-state index >= 15 is 0 Å². The molecule has 1 atom stereocenters. The molecular weight excluding hydrogens is 266 g/mol. The molecule has 0 aromatic carbocycles. The number of carbonyl (C=O) groups is 1. The van der Waals surface area contributed by atoms with E-state index in [-0.39, 0.29) is 5.97 Å². The molecule has 19 heavy (non-hydrogen) atoms. The minimum absolute atomic E-state index is 0.208. The second kappa shape index (κ2) is 5.92. The Hall–Kier alpha value is -1.08. The molecule has 1 unspecified atom stereocenters. The number of carbonyl (C=O) groups excluding carboxylic acids is 1. The van der Waals surface area contributed by atoms with Crippen LogP contribution in [0, 0.1) is 12.8 Å². The Morgan fingerprint density at radius 2 is 2.32 bits per heavy atom. The van der Waals surface area contributed by atoms with Crippen LogP contribution < -0.4 is 5.32 Å². The van der Waals surface area contributed by atoms with Crippen LogP contribution in [0.2, 0.25) is 0 Å². The number of nitrogens with zero attached hydrogens (tertiary/aromatic N) is 2. The standard InChI is InChI=1S/C12H19N3O3S/c1-4-13-12(9-5-6-9,10(16)17-3)7-19-11-15-14-8(2)18-11/h9,13H,4-7H2,1-3H3. The zero-order valence-corrected chi connectivity index (χ0v) is 12.2. The largest absolute Gasteiger partial charge is 0.468 e. The summed E-state index contributed by atoms with van der Waals surface area (Å²) < 4.78 is 10.3. The van der Waals surface area contributed by atoms with Gasteiger partial charge in [-0.3, -0.25) is 4.79 Å². The van der Waals surface area contributed by atoms with Gasteiger partial charge in [-0.15, -0.1) is 10.2 Å². The fourth-order valence-corrected chi connectivity index (χ4v) is 3.28. The van der Waals surface area contributed by atoms with Gasteiger partial charge in [0.25, 0.3) is 5.22 Å². The number of esters is 1. The molecule has 1 aromatic rings. The van der Waals surface area contributed by atoms with Crippen LogP contribution in [0.1, 0.15) is 25.7 Å². The van der Waals surface area contributed by atoms with Gasteiger partial charge in [0.05, 0.1) is 7.11 Å². The Kier molecular flexibility index (Phi) is 4.46. The summed E-state index contributed by atoms with van der Waals surface area (Å²) in [4.78, 5) is 12.2. The van der Waals surface area contributed by atoms with E-state index in [1.54, 1.807) is 6.92 Å². The first-order chi connectivity index (χ1) is 9.12. The van der Waals surface area contributed by atoms with Crippen molar-refractivity contribution in [1.29, 1.82) is 0 Å². The van der Waals surface area contributed by atoms with E-state index < -0.39 is 5.54 Å². The number of hydrogen-bond donors (Lipinski definition) is 1. The van der Waals surface area contributed by atoms with Crippen molar-refractivity contribution in [3.63, 3.8) is 0 Å². The molecule has 106 valence electrons. The Labute approximate surface area is 116 Å². The summed E-state index contributed by atoms with van der Waals surface area (Å²) in [5.41, 5.74) is -0.642. The summed E-state index contributed by atoms with van der Waals surface area (Å²) >= 11 is 1.40. The van der Waals surface area contributed by atoms with Crippen LogP contribution in [0.4, 0.5) is 0 Å². The number of ether oxygens (including phenoxy) is 1. The topological polar surface area (TPSA) is 77.3 Å². The maximum Gasteiger partial charge on any atom is 0.327 e. The summed E-state index contributed by atoms with van der Waals surface area (Å²) in [6.07, 6.45) is 2.09. The number of aryl methyl sites for hydroxylation is 1. The Bertz CT molecular complexity index is 447. The van der Waals surface area contributed by atoms with E-state index in [1.165, 1.54) is 18.9 Å². The second-order valence-corrected chi connectivity index (χ2v) is 5.57. The van der Waals surface area contributed by atoms with Crippen molar-refractivity contribution >= 4 is 17.7 Å². The SMILES string of the molecule is CCNC(CSc1nnc(C)o1)(C(=O)OC)C1CC1. The average molecular weight is 285 g/mol. The molecule has 1 aliphatic carbocycles. The van der Waals surface area contributed by atoms with Crippen LogP contribution in [0.5, 0.6) is 0 Å². The Balaban J connectivity index is 2.10. The number of thioether (sulfide) groups is 1. The highest BCUT2D eigenvalue weighted by Crippen LogP contribution is 2.43. The number of likely N-dealkylation sites (N-methyl/N-ethyl adjacent to an activating group) is 1. The maximum atomic E-state index is 12.2. The lowest BCUT2D eigenvalue weighted by Crippen LogP contribution is -2.56. The molecule has 0 bridgehead atoms. The van der Waals surface area contributed by atoms with Crippen molar-refractivity contribution in [1.82, 2.24) is 15.5 Å². The highest BCUT2D eigenvalue weighted by atomic mass is 32.2. The Morgan fingerprint density at radius 3 is 2.79 bits per heavy atom. The van der Waals surface area contributed by atoms with Crippen molar-refractivity contribution < 1.29 is 13.9 Å². The van der Waals surface area contributed by atoms with Gasteiger partial charge in [0.2, 0.25) is 5.89 Å². The molecule has 1 saturated carbocycles. The number of methoxy groups -OCH3 is 1. The minimum atomic E-state index is -0.642. The highest BCUT2D eigenvalue weighted by Gasteiger charge is 2.51. The first-order valence-corrected chi connectivity index (χ1v) is 7.37. The lowest BCUT2D eigenvalue weighted by molar-refractivity contribution is -0.148. The number of nitrogens with one attached hydrogen (secondary N) is 1. The average Bonchev–Trinajstić information content (AvgIpc) is 3.17. The molecule has 1 aromatic heterocycles. The zero-order chi connectivity index (χ0) is 13.9. The molecule has 7 heteroatoms. The van der Waals surface area contributed by atoms with Crippen molar-refractivity contribution in [2.24, 2.45) is 5.92 Å². The van der Waals surface area contributed by atoms with Gasteiger partial charge in [0.15, 0.2) is 0 Å². The van der Waals surface area contributed by atoms with Crippen LogP contribution in [0.25, 0.3) is 0 Å². The molecule has 0 radical (unpaired) electrons. The smallest absolute Gasteiger partial charge is 0.327 e. The van der Waals surface area contributed by atoms with E-state index in [4.69, 9.17) is 9.15 Å². The van der Waals surface area contributed by atoms with Gasteiger partial charge in [0.1, 0.15) is 5.54 Å². The third kappa shape index (κ3) is 3.09. The van der Waals surface area contributed by atoms with Gasteiger partial charge >= 0.3 is 5.97 Å². The van der Waals surface area contributed by atoms with Crippen LogP contribution >= 0.6 is 11.8 Å². The van der Waals surface area contributed by atoms with Crippen molar-refractivity contribution in [3.8, 4) is 0 Å². The molecule has 0 amide bonds. The predicted octanol–water partition coefficient (Wildman–Crippen LogP) is 1.40. The predicted molar refractivity (Wildman–Crippen MR) is 70.9 cm³/mol. The monoisotopic (exact) mass is 285 g/mol. The van der Waals surface area contributed by atoms with Gasteiger partial charge in [-0.25, -0.2) is 0 Å². The van der Waals surface area contributed by atoms with Gasteiger partial charge in [-0.2, -0.15) is 0 Å². The molecule has 0 spiro atoms. The molecule has 0 aliphatic heterocycles. The second-order valence-electron chi connectivity index (χ2n) is 4.64. The van der Waals surface area contributed by atoms with Crippen LogP contribution in [0.15, 0.2) is 9.64 Å². The minimum Gasteiger partial charge on any atom is -0.468 e. The van der Waals surface area contributed by atoms with E-state index in [9.17, 15) is 4.79 Å². The van der Waals surface area contributed by atoms with Gasteiger partial charge < -0.3 is 14.5 Å². The van der Waals surface area contributed by atoms with Gasteiger partial charge in [-0.05, 0) is 25.3 Å². The van der Waals surface area contributed by atoms with Crippen molar-refractivity contribution in [2.75, 3.05) is 19.4 Å².